The van der Waals surface area contributed by atoms with Crippen LogP contribution in [0, 0.1) is 0 Å². The number of amides is 1. The van der Waals surface area contributed by atoms with E-state index < -0.39 is 10.0 Å². The van der Waals surface area contributed by atoms with E-state index in [-0.39, 0.29) is 10.8 Å². The summed E-state index contributed by atoms with van der Waals surface area (Å²) in [7, 11) is -1.95. The second kappa shape index (κ2) is 9.77. The van der Waals surface area contributed by atoms with Crippen molar-refractivity contribution in [1.82, 2.24) is 9.62 Å². The summed E-state index contributed by atoms with van der Waals surface area (Å²) in [5.41, 5.74) is 0. The van der Waals surface area contributed by atoms with Crippen molar-refractivity contribution in [1.29, 1.82) is 0 Å². The van der Waals surface area contributed by atoms with Crippen LogP contribution in [0.5, 0.6) is 5.75 Å². The van der Waals surface area contributed by atoms with Gasteiger partial charge in [-0.3, -0.25) is 4.79 Å². The van der Waals surface area contributed by atoms with Crippen LogP contribution < -0.4 is 9.46 Å². The standard InChI is InChI=1S/C18H28N2O4S/c1-24-16-9-11-17(12-10-16)25(22,23)19-13-5-2-4-8-18(21)20-14-6-3-7-15-20/h9-12,19H,2-8,13-15H2,1H3. The lowest BCUT2D eigenvalue weighted by molar-refractivity contribution is -0.132. The highest BCUT2D eigenvalue weighted by Crippen LogP contribution is 2.15. The number of nitrogens with one attached hydrogen (secondary N) is 1. The van der Waals surface area contributed by atoms with Gasteiger partial charge in [0.25, 0.3) is 0 Å². The van der Waals surface area contributed by atoms with E-state index in [9.17, 15) is 13.2 Å². The molecule has 0 bridgehead atoms. The minimum absolute atomic E-state index is 0.230. The predicted molar refractivity (Wildman–Crippen MR) is 97.1 cm³/mol. The summed E-state index contributed by atoms with van der Waals surface area (Å²) in [4.78, 5) is 14.2. The Morgan fingerprint density at radius 2 is 1.76 bits per heavy atom. The van der Waals surface area contributed by atoms with Crippen LogP contribution in [0.1, 0.15) is 44.9 Å². The molecule has 0 spiro atoms. The van der Waals surface area contributed by atoms with Crippen molar-refractivity contribution in [3.8, 4) is 5.75 Å². The average Bonchev–Trinajstić information content (AvgIpc) is 2.65. The van der Waals surface area contributed by atoms with Gasteiger partial charge in [0.05, 0.1) is 12.0 Å². The number of sulfonamides is 1. The Morgan fingerprint density at radius 1 is 1.08 bits per heavy atom. The lowest BCUT2D eigenvalue weighted by atomic mass is 10.1. The van der Waals surface area contributed by atoms with Gasteiger partial charge in [0, 0.05) is 26.1 Å². The number of benzene rings is 1. The van der Waals surface area contributed by atoms with E-state index >= 15 is 0 Å². The Kier molecular flexibility index (Phi) is 7.71. The van der Waals surface area contributed by atoms with E-state index in [2.05, 4.69) is 4.72 Å². The number of unbranched alkanes of at least 4 members (excludes halogenated alkanes) is 2. The smallest absolute Gasteiger partial charge is 0.240 e. The van der Waals surface area contributed by atoms with Gasteiger partial charge in [-0.2, -0.15) is 0 Å². The summed E-state index contributed by atoms with van der Waals surface area (Å²) in [6.07, 6.45) is 6.37. The molecule has 6 nitrogen and oxygen atoms in total. The number of hydrogen-bond donors (Lipinski definition) is 1. The van der Waals surface area contributed by atoms with Gasteiger partial charge in [-0.25, -0.2) is 13.1 Å². The van der Waals surface area contributed by atoms with Gasteiger partial charge in [0.15, 0.2) is 0 Å². The lowest BCUT2D eigenvalue weighted by Crippen LogP contribution is -2.35. The maximum atomic E-state index is 12.2. The van der Waals surface area contributed by atoms with E-state index in [0.29, 0.717) is 18.7 Å². The first-order valence-corrected chi connectivity index (χ1v) is 10.4. The SMILES string of the molecule is COc1ccc(S(=O)(=O)NCCCCCC(=O)N2CCCCC2)cc1. The van der Waals surface area contributed by atoms with Crippen molar-refractivity contribution < 1.29 is 17.9 Å². The van der Waals surface area contributed by atoms with Gasteiger partial charge in [-0.1, -0.05) is 6.42 Å². The first-order valence-electron chi connectivity index (χ1n) is 8.94. The van der Waals surface area contributed by atoms with Crippen LogP contribution >= 0.6 is 0 Å². The second-order valence-corrected chi connectivity index (χ2v) is 8.09. The summed E-state index contributed by atoms with van der Waals surface area (Å²) in [6, 6.07) is 6.30. The number of piperidine rings is 1. The molecule has 0 aromatic heterocycles. The molecule has 1 aliphatic heterocycles. The molecule has 2 rings (SSSR count). The van der Waals surface area contributed by atoms with Gasteiger partial charge in [-0.15, -0.1) is 0 Å². The summed E-state index contributed by atoms with van der Waals surface area (Å²) < 4.78 is 32.0. The molecule has 1 heterocycles. The number of nitrogens with zero attached hydrogens (tertiary/aromatic N) is 1. The van der Waals surface area contributed by atoms with Gasteiger partial charge in [0.2, 0.25) is 15.9 Å². The average molecular weight is 368 g/mol. The van der Waals surface area contributed by atoms with E-state index in [1.54, 1.807) is 12.1 Å². The summed E-state index contributed by atoms with van der Waals surface area (Å²) in [6.45, 7) is 2.16. The molecular weight excluding hydrogens is 340 g/mol. The highest BCUT2D eigenvalue weighted by Gasteiger charge is 2.16. The number of methoxy groups -OCH3 is 1. The molecule has 0 atom stereocenters. The molecule has 140 valence electrons. The Morgan fingerprint density at radius 3 is 2.40 bits per heavy atom. The van der Waals surface area contributed by atoms with Crippen LogP contribution in [0.2, 0.25) is 0 Å². The van der Waals surface area contributed by atoms with Crippen molar-refractivity contribution in [2.45, 2.75) is 49.8 Å². The molecule has 1 saturated heterocycles. The van der Waals surface area contributed by atoms with E-state index in [4.69, 9.17) is 4.74 Å². The summed E-state index contributed by atoms with van der Waals surface area (Å²) >= 11 is 0. The summed E-state index contributed by atoms with van der Waals surface area (Å²) in [5.74, 6) is 0.857. The molecule has 0 unspecified atom stereocenters. The number of carbonyl (C=O) groups excluding carboxylic acids is 1. The number of likely N-dealkylation sites (tertiary alicyclic amines) is 1. The van der Waals surface area contributed by atoms with Gasteiger partial charge in [0.1, 0.15) is 5.75 Å². The predicted octanol–water partition coefficient (Wildman–Crippen LogP) is 2.55. The molecule has 1 aromatic rings. The largest absolute Gasteiger partial charge is 0.497 e. The van der Waals surface area contributed by atoms with Crippen molar-refractivity contribution in [2.24, 2.45) is 0 Å². The van der Waals surface area contributed by atoms with E-state index in [0.717, 1.165) is 45.2 Å². The van der Waals surface area contributed by atoms with E-state index in [1.165, 1.54) is 25.7 Å². The van der Waals surface area contributed by atoms with E-state index in [1.807, 2.05) is 4.90 Å². The monoisotopic (exact) mass is 368 g/mol. The van der Waals surface area contributed by atoms with Crippen LogP contribution in [0.4, 0.5) is 0 Å². The number of carbonyl (C=O) groups is 1. The van der Waals surface area contributed by atoms with Crippen molar-refractivity contribution in [3.63, 3.8) is 0 Å². The second-order valence-electron chi connectivity index (χ2n) is 6.33. The van der Waals surface area contributed by atoms with Crippen molar-refractivity contribution >= 4 is 15.9 Å². The fraction of sp³-hybridized carbons (Fsp3) is 0.611. The highest BCUT2D eigenvalue weighted by molar-refractivity contribution is 7.89. The Balaban J connectivity index is 1.63. The molecule has 0 saturated carbocycles. The molecule has 0 aliphatic carbocycles. The minimum atomic E-state index is -3.49. The van der Waals surface area contributed by atoms with Gasteiger partial charge < -0.3 is 9.64 Å². The summed E-state index contributed by atoms with van der Waals surface area (Å²) in [5, 5.41) is 0. The zero-order valence-corrected chi connectivity index (χ0v) is 15.7. The molecule has 7 heteroatoms. The van der Waals surface area contributed by atoms with Crippen molar-refractivity contribution in [3.05, 3.63) is 24.3 Å². The Bertz CT molecular complexity index is 638. The van der Waals surface area contributed by atoms with Crippen LogP contribution in [-0.4, -0.2) is 46.0 Å². The zero-order chi connectivity index (χ0) is 18.1. The topological polar surface area (TPSA) is 75.7 Å². The van der Waals surface area contributed by atoms with Crippen molar-refractivity contribution in [2.75, 3.05) is 26.7 Å². The Labute approximate surface area is 150 Å². The fourth-order valence-electron chi connectivity index (χ4n) is 2.92. The third-order valence-electron chi connectivity index (χ3n) is 4.44. The minimum Gasteiger partial charge on any atom is -0.497 e. The van der Waals surface area contributed by atoms with Crippen LogP contribution in [0.15, 0.2) is 29.2 Å². The lowest BCUT2D eigenvalue weighted by Gasteiger charge is -2.26. The zero-order valence-electron chi connectivity index (χ0n) is 14.9. The quantitative estimate of drug-likeness (QED) is 0.680. The third kappa shape index (κ3) is 6.32. The Hall–Kier alpha value is -1.60. The van der Waals surface area contributed by atoms with Crippen LogP contribution in [-0.2, 0) is 14.8 Å². The third-order valence-corrected chi connectivity index (χ3v) is 5.91. The number of hydrogen-bond acceptors (Lipinski definition) is 4. The highest BCUT2D eigenvalue weighted by atomic mass is 32.2. The maximum Gasteiger partial charge on any atom is 0.240 e. The fourth-order valence-corrected chi connectivity index (χ4v) is 4.00. The number of ether oxygens (including phenoxy) is 1. The maximum absolute atomic E-state index is 12.2. The molecule has 25 heavy (non-hydrogen) atoms. The molecule has 1 fully saturated rings. The molecule has 1 amide bonds. The van der Waals surface area contributed by atoms with Crippen LogP contribution in [0.3, 0.4) is 0 Å². The molecule has 0 radical (unpaired) electrons. The molecule has 1 aromatic carbocycles. The molecule has 1 aliphatic rings. The molecule has 1 N–H and O–H groups in total. The van der Waals surface area contributed by atoms with Gasteiger partial charge >= 0.3 is 0 Å². The number of rotatable bonds is 9. The van der Waals surface area contributed by atoms with Crippen LogP contribution in [0.25, 0.3) is 0 Å². The molecular formula is C18H28N2O4S. The normalized spacial score (nSPS) is 15.2. The van der Waals surface area contributed by atoms with Gasteiger partial charge in [-0.05, 0) is 56.4 Å². The first kappa shape index (κ1) is 19.7. The first-order chi connectivity index (χ1) is 12.0.